The summed E-state index contributed by atoms with van der Waals surface area (Å²) in [5.74, 6) is -0.0510. The van der Waals surface area contributed by atoms with Crippen LogP contribution in [0.3, 0.4) is 0 Å². The van der Waals surface area contributed by atoms with E-state index in [1.54, 1.807) is 19.3 Å². The number of likely N-dealkylation sites (N-methyl/N-ethyl adjacent to an activating group) is 1. The molecular formula is C10H11Cl2N3O. The van der Waals surface area contributed by atoms with E-state index < -0.39 is 0 Å². The number of hydrogen-bond acceptors (Lipinski definition) is 4. The van der Waals surface area contributed by atoms with Gasteiger partial charge in [0.05, 0.1) is 11.2 Å². The summed E-state index contributed by atoms with van der Waals surface area (Å²) in [6.45, 7) is 1.91. The zero-order valence-corrected chi connectivity index (χ0v) is 10.4. The summed E-state index contributed by atoms with van der Waals surface area (Å²) in [4.78, 5) is 14.1. The van der Waals surface area contributed by atoms with Gasteiger partial charge in [0.2, 0.25) is 0 Å². The molecule has 86 valence electrons. The maximum Gasteiger partial charge on any atom is 0.147 e. The highest BCUT2D eigenvalue weighted by atomic mass is 35.5. The fourth-order valence-corrected chi connectivity index (χ4v) is 1.58. The second-order valence-corrected chi connectivity index (χ2v) is 3.97. The van der Waals surface area contributed by atoms with Gasteiger partial charge in [-0.25, -0.2) is 4.98 Å². The molecule has 1 N–H and O–H groups in total. The molecule has 16 heavy (non-hydrogen) atoms. The molecule has 6 heteroatoms. The van der Waals surface area contributed by atoms with Gasteiger partial charge in [0.15, 0.2) is 0 Å². The van der Waals surface area contributed by atoms with E-state index >= 15 is 0 Å². The maximum atomic E-state index is 10.2. The van der Waals surface area contributed by atoms with E-state index in [1.165, 1.54) is 6.20 Å². The van der Waals surface area contributed by atoms with Gasteiger partial charge < -0.3 is 5.32 Å². The fourth-order valence-electron chi connectivity index (χ4n) is 1.30. The Morgan fingerprint density at radius 1 is 1.62 bits per heavy atom. The van der Waals surface area contributed by atoms with Crippen LogP contribution in [0, 0.1) is 4.91 Å². The smallest absolute Gasteiger partial charge is 0.147 e. The summed E-state index contributed by atoms with van der Waals surface area (Å²) in [7, 11) is 1.72. The molecule has 1 aromatic heterocycles. The van der Waals surface area contributed by atoms with Crippen LogP contribution in [0.5, 0.6) is 0 Å². The van der Waals surface area contributed by atoms with Crippen molar-refractivity contribution in [1.82, 2.24) is 10.3 Å². The number of aromatic nitrogens is 1. The number of nitroso groups, excluding NO2 is 1. The molecule has 1 aromatic rings. The number of nitrogens with zero attached hydrogens (tertiary/aromatic N) is 2. The van der Waals surface area contributed by atoms with Gasteiger partial charge in [-0.2, -0.15) is 0 Å². The van der Waals surface area contributed by atoms with Crippen LogP contribution in [0.4, 0.5) is 0 Å². The van der Waals surface area contributed by atoms with E-state index in [2.05, 4.69) is 15.5 Å². The molecule has 0 radical (unpaired) electrons. The van der Waals surface area contributed by atoms with Crippen molar-refractivity contribution in [2.75, 3.05) is 7.05 Å². The Balaban J connectivity index is 3.03. The topological polar surface area (TPSA) is 54.4 Å². The first-order chi connectivity index (χ1) is 7.60. The van der Waals surface area contributed by atoms with Crippen LogP contribution >= 0.6 is 23.2 Å². The lowest BCUT2D eigenvalue weighted by Crippen LogP contribution is -2.12. The summed E-state index contributed by atoms with van der Waals surface area (Å²) in [6, 6.07) is 1.72. The summed E-state index contributed by atoms with van der Waals surface area (Å²) < 4.78 is 0. The van der Waals surface area contributed by atoms with E-state index in [9.17, 15) is 4.91 Å². The number of nitrogens with one attached hydrogen (secondary N) is 1. The average Bonchev–Trinajstić information content (AvgIpc) is 2.28. The molecule has 0 saturated carbocycles. The number of halogens is 2. The van der Waals surface area contributed by atoms with Crippen LogP contribution in [0.15, 0.2) is 29.3 Å². The van der Waals surface area contributed by atoms with Crippen LogP contribution in [0.2, 0.25) is 10.2 Å². The van der Waals surface area contributed by atoms with Crippen molar-refractivity contribution in [3.63, 3.8) is 0 Å². The number of rotatable bonds is 4. The third kappa shape index (κ3) is 2.93. The first kappa shape index (κ1) is 12.9. The minimum Gasteiger partial charge on any atom is -0.390 e. The van der Waals surface area contributed by atoms with Gasteiger partial charge in [0.25, 0.3) is 0 Å². The minimum absolute atomic E-state index is 0.0510. The summed E-state index contributed by atoms with van der Waals surface area (Å²) in [5.41, 5.74) is 1.55. The molecule has 0 fully saturated rings. The second kappa shape index (κ2) is 5.82. The Kier molecular flexibility index (Phi) is 4.71. The highest BCUT2D eigenvalue weighted by Crippen LogP contribution is 2.27. The van der Waals surface area contributed by atoms with E-state index in [4.69, 9.17) is 23.2 Å². The molecule has 1 heterocycles. The summed E-state index contributed by atoms with van der Waals surface area (Å²) in [5, 5.41) is 6.29. The molecule has 0 aliphatic heterocycles. The quantitative estimate of drug-likeness (QED) is 0.667. The normalized spacial score (nSPS) is 13.4. The van der Waals surface area contributed by atoms with Crippen molar-refractivity contribution in [3.8, 4) is 0 Å². The molecule has 4 nitrogen and oxygen atoms in total. The van der Waals surface area contributed by atoms with Crippen molar-refractivity contribution in [1.29, 1.82) is 0 Å². The van der Waals surface area contributed by atoms with Gasteiger partial charge in [0, 0.05) is 24.9 Å². The zero-order chi connectivity index (χ0) is 12.1. The number of allylic oxidation sites excluding steroid dienone is 1. The molecule has 1 rings (SSSR count). The van der Waals surface area contributed by atoms with E-state index in [0.717, 1.165) is 5.56 Å². The molecule has 0 bridgehead atoms. The van der Waals surface area contributed by atoms with Crippen molar-refractivity contribution in [3.05, 3.63) is 44.8 Å². The molecule has 1 atom stereocenters. The van der Waals surface area contributed by atoms with Gasteiger partial charge in [-0.15, -0.1) is 4.91 Å². The predicted molar refractivity (Wildman–Crippen MR) is 65.6 cm³/mol. The monoisotopic (exact) mass is 259 g/mol. The summed E-state index contributed by atoms with van der Waals surface area (Å²) in [6.07, 6.45) is 2.85. The van der Waals surface area contributed by atoms with E-state index in [-0.39, 0.29) is 11.1 Å². The number of pyridine rings is 1. The highest BCUT2D eigenvalue weighted by Gasteiger charge is 2.12. The zero-order valence-electron chi connectivity index (χ0n) is 8.87. The lowest BCUT2D eigenvalue weighted by Gasteiger charge is -2.14. The van der Waals surface area contributed by atoms with Crippen molar-refractivity contribution < 1.29 is 0 Å². The molecule has 0 spiro atoms. The fraction of sp³-hybridized carbons (Fsp3) is 0.300. The third-order valence-electron chi connectivity index (χ3n) is 2.26. The largest absolute Gasteiger partial charge is 0.390 e. The molecule has 1 unspecified atom stereocenters. The van der Waals surface area contributed by atoms with Gasteiger partial charge >= 0.3 is 0 Å². The van der Waals surface area contributed by atoms with Gasteiger partial charge in [-0.3, -0.25) is 0 Å². The molecule has 0 aromatic carbocycles. The van der Waals surface area contributed by atoms with Crippen LogP contribution in [-0.4, -0.2) is 12.0 Å². The first-order valence-electron chi connectivity index (χ1n) is 4.61. The SMILES string of the molecule is CN/C(=C\N=O)C(C)c1cnc(Cl)c(Cl)c1. The molecule has 0 aliphatic rings. The Morgan fingerprint density at radius 2 is 2.31 bits per heavy atom. The van der Waals surface area contributed by atoms with Gasteiger partial charge in [0.1, 0.15) is 5.15 Å². The molecule has 0 saturated heterocycles. The van der Waals surface area contributed by atoms with Crippen LogP contribution in [0.1, 0.15) is 18.4 Å². The Labute approximate surface area is 104 Å². The molecule has 0 aliphatic carbocycles. The standard InChI is InChI=1S/C10H11Cl2N3O/c1-6(9(13-2)5-15-16)7-3-8(11)10(12)14-4-7/h3-6,13H,1-2H3/b9-5-. The average molecular weight is 260 g/mol. The van der Waals surface area contributed by atoms with Crippen LogP contribution < -0.4 is 5.32 Å². The van der Waals surface area contributed by atoms with Crippen molar-refractivity contribution in [2.45, 2.75) is 12.8 Å². The number of hydrogen-bond donors (Lipinski definition) is 1. The van der Waals surface area contributed by atoms with Crippen molar-refractivity contribution >= 4 is 23.2 Å². The summed E-state index contributed by atoms with van der Waals surface area (Å²) >= 11 is 11.6. The first-order valence-corrected chi connectivity index (χ1v) is 5.37. The highest BCUT2D eigenvalue weighted by molar-refractivity contribution is 6.41. The maximum absolute atomic E-state index is 10.2. The Hall–Kier alpha value is -1.13. The van der Waals surface area contributed by atoms with E-state index in [0.29, 0.717) is 10.7 Å². The Bertz CT molecular complexity index is 421. The van der Waals surface area contributed by atoms with E-state index in [1.807, 2.05) is 6.92 Å². The third-order valence-corrected chi connectivity index (χ3v) is 2.95. The van der Waals surface area contributed by atoms with Crippen LogP contribution in [0.25, 0.3) is 0 Å². The van der Waals surface area contributed by atoms with Gasteiger partial charge in [-0.1, -0.05) is 30.1 Å². The predicted octanol–water partition coefficient (Wildman–Crippen LogP) is 3.32. The Morgan fingerprint density at radius 3 is 2.81 bits per heavy atom. The lowest BCUT2D eigenvalue weighted by atomic mass is 10.00. The molecule has 0 amide bonds. The lowest BCUT2D eigenvalue weighted by molar-refractivity contribution is 0.783. The van der Waals surface area contributed by atoms with Crippen molar-refractivity contribution in [2.24, 2.45) is 5.18 Å². The minimum atomic E-state index is -0.0510. The molecular weight excluding hydrogens is 249 g/mol. The second-order valence-electron chi connectivity index (χ2n) is 3.20. The van der Waals surface area contributed by atoms with Crippen LogP contribution in [-0.2, 0) is 0 Å². The van der Waals surface area contributed by atoms with Gasteiger partial charge in [-0.05, 0) is 16.8 Å².